The zero-order valence-electron chi connectivity index (χ0n) is 10.9. The van der Waals surface area contributed by atoms with Gasteiger partial charge in [0.25, 0.3) is 5.56 Å². The van der Waals surface area contributed by atoms with Crippen molar-refractivity contribution in [1.29, 1.82) is 0 Å². The number of benzene rings is 1. The lowest BCUT2D eigenvalue weighted by Crippen LogP contribution is -2.18. The molecule has 3 N–H and O–H groups in total. The minimum absolute atomic E-state index is 0.165. The van der Waals surface area contributed by atoms with Gasteiger partial charge in [0.1, 0.15) is 5.69 Å². The first kappa shape index (κ1) is 12.2. The Labute approximate surface area is 114 Å². The highest BCUT2D eigenvalue weighted by Crippen LogP contribution is 2.21. The fourth-order valence-electron chi connectivity index (χ4n) is 1.95. The predicted octanol–water partition coefficient (Wildman–Crippen LogP) is 1.51. The lowest BCUT2D eigenvalue weighted by Gasteiger charge is -2.00. The van der Waals surface area contributed by atoms with Crippen molar-refractivity contribution in [2.75, 3.05) is 5.73 Å². The van der Waals surface area contributed by atoms with Crippen LogP contribution >= 0.6 is 0 Å². The molecule has 0 aliphatic rings. The maximum atomic E-state index is 12.2. The van der Waals surface area contributed by atoms with E-state index in [9.17, 15) is 4.79 Å². The standard InChI is InChI=1S/C14H13N5O/c1-9-7-8-11(17-16-9)19-14(20)12(15)13(18-19)10-5-3-2-4-6-10/h2-8,18H,15H2,1H3. The Bertz CT molecular complexity index is 787. The van der Waals surface area contributed by atoms with Crippen LogP contribution in [0.4, 0.5) is 5.69 Å². The maximum Gasteiger partial charge on any atom is 0.296 e. The smallest absolute Gasteiger partial charge is 0.296 e. The van der Waals surface area contributed by atoms with Gasteiger partial charge in [-0.25, -0.2) is 0 Å². The molecule has 6 nitrogen and oxygen atoms in total. The van der Waals surface area contributed by atoms with Crippen molar-refractivity contribution in [2.45, 2.75) is 6.92 Å². The highest BCUT2D eigenvalue weighted by atomic mass is 16.1. The van der Waals surface area contributed by atoms with Crippen molar-refractivity contribution in [3.8, 4) is 17.1 Å². The van der Waals surface area contributed by atoms with Gasteiger partial charge in [-0.05, 0) is 19.1 Å². The number of hydrogen-bond donors (Lipinski definition) is 2. The Morgan fingerprint density at radius 2 is 1.85 bits per heavy atom. The van der Waals surface area contributed by atoms with Crippen LogP contribution in [0, 0.1) is 6.92 Å². The van der Waals surface area contributed by atoms with E-state index in [2.05, 4.69) is 15.3 Å². The average Bonchev–Trinajstić information content (AvgIpc) is 2.77. The van der Waals surface area contributed by atoms with Crippen LogP contribution in [-0.4, -0.2) is 20.0 Å². The lowest BCUT2D eigenvalue weighted by atomic mass is 10.1. The van der Waals surface area contributed by atoms with Crippen molar-refractivity contribution >= 4 is 5.69 Å². The van der Waals surface area contributed by atoms with Crippen LogP contribution < -0.4 is 11.3 Å². The second-order valence-electron chi connectivity index (χ2n) is 4.44. The van der Waals surface area contributed by atoms with Gasteiger partial charge in [0.2, 0.25) is 0 Å². The summed E-state index contributed by atoms with van der Waals surface area (Å²) in [5.41, 5.74) is 7.94. The largest absolute Gasteiger partial charge is 0.392 e. The summed E-state index contributed by atoms with van der Waals surface area (Å²) in [6.07, 6.45) is 0. The van der Waals surface area contributed by atoms with Crippen LogP contribution in [-0.2, 0) is 0 Å². The molecule has 0 saturated carbocycles. The van der Waals surface area contributed by atoms with Gasteiger partial charge in [0.15, 0.2) is 5.82 Å². The summed E-state index contributed by atoms with van der Waals surface area (Å²) in [7, 11) is 0. The Hall–Kier alpha value is -2.89. The molecule has 0 bridgehead atoms. The normalized spacial score (nSPS) is 10.7. The second kappa shape index (κ2) is 4.65. The molecule has 3 rings (SSSR count). The Kier molecular flexibility index (Phi) is 2.83. The van der Waals surface area contributed by atoms with E-state index >= 15 is 0 Å². The number of hydrogen-bond acceptors (Lipinski definition) is 4. The molecule has 1 aromatic carbocycles. The topological polar surface area (TPSA) is 89.6 Å². The van der Waals surface area contributed by atoms with E-state index < -0.39 is 0 Å². The predicted molar refractivity (Wildman–Crippen MR) is 76.6 cm³/mol. The Balaban J connectivity index is 2.16. The molecule has 6 heteroatoms. The van der Waals surface area contributed by atoms with E-state index in [0.29, 0.717) is 11.5 Å². The molecule has 2 aromatic heterocycles. The van der Waals surface area contributed by atoms with Crippen molar-refractivity contribution in [1.82, 2.24) is 20.0 Å². The van der Waals surface area contributed by atoms with E-state index in [1.165, 1.54) is 4.68 Å². The van der Waals surface area contributed by atoms with Gasteiger partial charge in [-0.15, -0.1) is 5.10 Å². The SMILES string of the molecule is Cc1ccc(-n2[nH]c(-c3ccccc3)c(N)c2=O)nn1. The summed E-state index contributed by atoms with van der Waals surface area (Å²) in [6.45, 7) is 1.83. The van der Waals surface area contributed by atoms with Crippen molar-refractivity contribution in [3.63, 3.8) is 0 Å². The zero-order chi connectivity index (χ0) is 14.1. The first-order chi connectivity index (χ1) is 9.66. The minimum atomic E-state index is -0.331. The number of aryl methyl sites for hydroxylation is 1. The van der Waals surface area contributed by atoms with E-state index in [1.54, 1.807) is 12.1 Å². The first-order valence-corrected chi connectivity index (χ1v) is 6.13. The van der Waals surface area contributed by atoms with Crippen LogP contribution in [0.3, 0.4) is 0 Å². The van der Waals surface area contributed by atoms with Crippen molar-refractivity contribution < 1.29 is 0 Å². The highest BCUT2D eigenvalue weighted by molar-refractivity contribution is 5.72. The number of anilines is 1. The summed E-state index contributed by atoms with van der Waals surface area (Å²) >= 11 is 0. The third kappa shape index (κ3) is 1.97. The first-order valence-electron chi connectivity index (χ1n) is 6.13. The van der Waals surface area contributed by atoms with Crippen molar-refractivity contribution in [2.24, 2.45) is 0 Å². The number of nitrogens with two attached hydrogens (primary N) is 1. The Morgan fingerprint density at radius 3 is 2.50 bits per heavy atom. The molecule has 0 radical (unpaired) electrons. The summed E-state index contributed by atoms with van der Waals surface area (Å²) in [5.74, 6) is 0.412. The average molecular weight is 267 g/mol. The fourth-order valence-corrected chi connectivity index (χ4v) is 1.95. The molecule has 0 saturated heterocycles. The summed E-state index contributed by atoms with van der Waals surface area (Å²) in [6, 6.07) is 12.9. The van der Waals surface area contributed by atoms with Gasteiger partial charge < -0.3 is 5.73 Å². The van der Waals surface area contributed by atoms with E-state index in [0.717, 1.165) is 11.3 Å². The van der Waals surface area contributed by atoms with Crippen LogP contribution in [0.5, 0.6) is 0 Å². The van der Waals surface area contributed by atoms with Gasteiger partial charge in [0, 0.05) is 5.56 Å². The van der Waals surface area contributed by atoms with Gasteiger partial charge in [0.05, 0.1) is 11.4 Å². The molecule has 0 fully saturated rings. The van der Waals surface area contributed by atoms with Gasteiger partial charge >= 0.3 is 0 Å². The van der Waals surface area contributed by atoms with Crippen LogP contribution in [0.15, 0.2) is 47.3 Å². The quantitative estimate of drug-likeness (QED) is 0.736. The number of rotatable bonds is 2. The fraction of sp³-hybridized carbons (Fsp3) is 0.0714. The van der Waals surface area contributed by atoms with Crippen LogP contribution in [0.1, 0.15) is 5.69 Å². The molecule has 0 spiro atoms. The highest BCUT2D eigenvalue weighted by Gasteiger charge is 2.14. The lowest BCUT2D eigenvalue weighted by molar-refractivity contribution is 0.787. The second-order valence-corrected chi connectivity index (χ2v) is 4.44. The Morgan fingerprint density at radius 1 is 1.10 bits per heavy atom. The monoisotopic (exact) mass is 267 g/mol. The number of nitrogens with zero attached hydrogens (tertiary/aromatic N) is 3. The summed E-state index contributed by atoms with van der Waals surface area (Å²) < 4.78 is 1.30. The molecular formula is C14H13N5O. The number of nitrogen functional groups attached to an aromatic ring is 1. The zero-order valence-corrected chi connectivity index (χ0v) is 10.9. The van der Waals surface area contributed by atoms with Crippen molar-refractivity contribution in [3.05, 3.63) is 58.5 Å². The maximum absolute atomic E-state index is 12.2. The number of aromatic amines is 1. The molecule has 0 unspecified atom stereocenters. The molecule has 100 valence electrons. The summed E-state index contributed by atoms with van der Waals surface area (Å²) in [4.78, 5) is 12.2. The molecule has 0 amide bonds. The molecule has 2 heterocycles. The molecular weight excluding hydrogens is 254 g/mol. The number of H-pyrrole nitrogens is 1. The molecule has 20 heavy (non-hydrogen) atoms. The molecule has 0 aliphatic heterocycles. The summed E-state index contributed by atoms with van der Waals surface area (Å²) in [5, 5.41) is 10.9. The van der Waals surface area contributed by atoms with Crippen LogP contribution in [0.2, 0.25) is 0 Å². The van der Waals surface area contributed by atoms with Gasteiger partial charge in [-0.2, -0.15) is 9.78 Å². The third-order valence-electron chi connectivity index (χ3n) is 3.00. The third-order valence-corrected chi connectivity index (χ3v) is 3.00. The van der Waals surface area contributed by atoms with Gasteiger partial charge in [-0.3, -0.25) is 9.89 Å². The molecule has 3 aromatic rings. The minimum Gasteiger partial charge on any atom is -0.392 e. The number of aromatic nitrogens is 4. The molecule has 0 aliphatic carbocycles. The van der Waals surface area contributed by atoms with E-state index in [-0.39, 0.29) is 11.2 Å². The van der Waals surface area contributed by atoms with Gasteiger partial charge in [-0.1, -0.05) is 30.3 Å². The molecule has 0 atom stereocenters. The van der Waals surface area contributed by atoms with E-state index in [4.69, 9.17) is 5.73 Å². The van der Waals surface area contributed by atoms with Crippen LogP contribution in [0.25, 0.3) is 17.1 Å². The van der Waals surface area contributed by atoms with E-state index in [1.807, 2.05) is 37.3 Å². The number of nitrogens with one attached hydrogen (secondary N) is 1.